The van der Waals surface area contributed by atoms with Gasteiger partial charge < -0.3 is 9.15 Å². The first-order valence-electron chi connectivity index (χ1n) is 9.61. The molecule has 6 nitrogen and oxygen atoms in total. The summed E-state index contributed by atoms with van der Waals surface area (Å²) in [6.45, 7) is 6.01. The molecule has 0 aliphatic rings. The highest BCUT2D eigenvalue weighted by atomic mass is 32.2. The molecule has 0 atom stereocenters. The summed E-state index contributed by atoms with van der Waals surface area (Å²) in [5, 5.41) is 0.520. The smallest absolute Gasteiger partial charge is 0.342 e. The zero-order valence-corrected chi connectivity index (χ0v) is 17.6. The first-order chi connectivity index (χ1) is 13.8. The van der Waals surface area contributed by atoms with Crippen LogP contribution in [0.1, 0.15) is 47.9 Å². The van der Waals surface area contributed by atoms with Gasteiger partial charge >= 0.3 is 5.97 Å². The highest BCUT2D eigenvalue weighted by Crippen LogP contribution is 2.30. The van der Waals surface area contributed by atoms with Crippen LogP contribution in [0.3, 0.4) is 0 Å². The molecule has 1 heterocycles. The number of furan rings is 1. The maximum absolute atomic E-state index is 12.6. The fourth-order valence-electron chi connectivity index (χ4n) is 3.06. The predicted molar refractivity (Wildman–Crippen MR) is 113 cm³/mol. The number of anilines is 1. The fraction of sp³-hybridized carbons (Fsp3) is 0.318. The minimum Gasteiger partial charge on any atom is -0.462 e. The van der Waals surface area contributed by atoms with E-state index in [-0.39, 0.29) is 4.90 Å². The van der Waals surface area contributed by atoms with Crippen molar-refractivity contribution >= 4 is 32.6 Å². The van der Waals surface area contributed by atoms with Crippen molar-refractivity contribution in [1.82, 2.24) is 0 Å². The Hall–Kier alpha value is -2.80. The highest BCUT2D eigenvalue weighted by Gasteiger charge is 2.21. The van der Waals surface area contributed by atoms with Crippen molar-refractivity contribution in [3.05, 3.63) is 59.4 Å². The number of unbranched alkanes of at least 4 members (excludes halogenated alkanes) is 2. The number of aryl methyl sites for hydroxylation is 2. The number of sulfonamides is 1. The molecule has 154 valence electrons. The normalized spacial score (nSPS) is 11.6. The Morgan fingerprint density at radius 2 is 1.79 bits per heavy atom. The average Bonchev–Trinajstić information content (AvgIpc) is 3.00. The minimum absolute atomic E-state index is 0.169. The van der Waals surface area contributed by atoms with Crippen LogP contribution in [0.15, 0.2) is 51.8 Å². The van der Waals surface area contributed by atoms with Crippen molar-refractivity contribution in [2.24, 2.45) is 0 Å². The minimum atomic E-state index is -3.74. The van der Waals surface area contributed by atoms with Gasteiger partial charge in [-0.2, -0.15) is 0 Å². The maximum atomic E-state index is 12.6. The molecule has 29 heavy (non-hydrogen) atoms. The average molecular weight is 416 g/mol. The van der Waals surface area contributed by atoms with Crippen LogP contribution in [0.4, 0.5) is 5.69 Å². The summed E-state index contributed by atoms with van der Waals surface area (Å²) in [4.78, 5) is 12.7. The van der Waals surface area contributed by atoms with Gasteiger partial charge in [-0.05, 0) is 50.6 Å². The second kappa shape index (κ2) is 8.69. The molecule has 0 saturated carbocycles. The number of esters is 1. The molecule has 7 heteroatoms. The molecule has 0 unspecified atom stereocenters. The molecule has 3 aromatic rings. The van der Waals surface area contributed by atoms with E-state index in [0.29, 0.717) is 34.6 Å². The predicted octanol–water partition coefficient (Wildman–Crippen LogP) is 5.20. The zero-order valence-electron chi connectivity index (χ0n) is 16.8. The summed E-state index contributed by atoms with van der Waals surface area (Å²) in [6.07, 6.45) is 2.83. The monoisotopic (exact) mass is 415 g/mol. The number of fused-ring (bicyclic) bond motifs is 1. The number of carbonyl (C=O) groups is 1. The third kappa shape index (κ3) is 4.79. The molecule has 0 fully saturated rings. The Morgan fingerprint density at radius 3 is 2.48 bits per heavy atom. The Labute approximate surface area is 170 Å². The van der Waals surface area contributed by atoms with E-state index in [1.807, 2.05) is 6.92 Å². The van der Waals surface area contributed by atoms with E-state index in [2.05, 4.69) is 11.6 Å². The van der Waals surface area contributed by atoms with Gasteiger partial charge in [0, 0.05) is 11.1 Å². The third-order valence-corrected chi connectivity index (χ3v) is 6.03. The van der Waals surface area contributed by atoms with Crippen molar-refractivity contribution in [3.8, 4) is 0 Å². The Kier molecular flexibility index (Phi) is 6.27. The molecule has 0 bridgehead atoms. The quantitative estimate of drug-likeness (QED) is 0.404. The Morgan fingerprint density at radius 1 is 1.07 bits per heavy atom. The van der Waals surface area contributed by atoms with E-state index in [4.69, 9.17) is 9.15 Å². The van der Waals surface area contributed by atoms with Gasteiger partial charge in [-0.3, -0.25) is 4.72 Å². The second-order valence-electron chi connectivity index (χ2n) is 7.01. The van der Waals surface area contributed by atoms with E-state index in [9.17, 15) is 13.2 Å². The van der Waals surface area contributed by atoms with Gasteiger partial charge in [-0.15, -0.1) is 0 Å². The molecule has 0 aliphatic carbocycles. The molecular formula is C22H25NO5S. The molecule has 0 spiro atoms. The van der Waals surface area contributed by atoms with E-state index in [1.54, 1.807) is 49.4 Å². The lowest BCUT2D eigenvalue weighted by Crippen LogP contribution is -2.13. The molecule has 0 radical (unpaired) electrons. The van der Waals surface area contributed by atoms with Gasteiger partial charge in [-0.25, -0.2) is 13.2 Å². The molecule has 1 N–H and O–H groups in total. The largest absolute Gasteiger partial charge is 0.462 e. The third-order valence-electron chi connectivity index (χ3n) is 4.63. The highest BCUT2D eigenvalue weighted by molar-refractivity contribution is 7.92. The van der Waals surface area contributed by atoms with Gasteiger partial charge in [0.1, 0.15) is 16.9 Å². The number of hydrogen-bond donors (Lipinski definition) is 1. The molecule has 0 aliphatic heterocycles. The van der Waals surface area contributed by atoms with Crippen molar-refractivity contribution in [1.29, 1.82) is 0 Å². The molecule has 0 amide bonds. The summed E-state index contributed by atoms with van der Waals surface area (Å²) in [5.74, 6) is -0.0186. The van der Waals surface area contributed by atoms with Crippen molar-refractivity contribution in [3.63, 3.8) is 0 Å². The van der Waals surface area contributed by atoms with E-state index in [1.165, 1.54) is 0 Å². The van der Waals surface area contributed by atoms with Crippen LogP contribution in [-0.2, 0) is 14.8 Å². The summed E-state index contributed by atoms with van der Waals surface area (Å²) in [5.41, 5.74) is 2.15. The van der Waals surface area contributed by atoms with Gasteiger partial charge in [0.15, 0.2) is 0 Å². The zero-order chi connectivity index (χ0) is 21.0. The van der Waals surface area contributed by atoms with E-state index < -0.39 is 16.0 Å². The number of carbonyl (C=O) groups excluding carboxylic acids is 1. The van der Waals surface area contributed by atoms with Crippen molar-refractivity contribution in [2.45, 2.75) is 44.9 Å². The van der Waals surface area contributed by atoms with Crippen LogP contribution in [0, 0.1) is 13.8 Å². The lowest BCUT2D eigenvalue weighted by Gasteiger charge is -2.09. The summed E-state index contributed by atoms with van der Waals surface area (Å²) < 4.78 is 38.9. The first-order valence-corrected chi connectivity index (χ1v) is 11.1. The SMILES string of the molecule is CCCCCOC(=O)c1c(C)oc2ccc(NS(=O)(=O)c3ccc(C)cc3)cc12. The van der Waals surface area contributed by atoms with Crippen LogP contribution in [0.25, 0.3) is 11.0 Å². The molecule has 1 aromatic heterocycles. The van der Waals surface area contributed by atoms with Crippen LogP contribution in [0.2, 0.25) is 0 Å². The number of benzene rings is 2. The fourth-order valence-corrected chi connectivity index (χ4v) is 4.11. The van der Waals surface area contributed by atoms with Crippen molar-refractivity contribution in [2.75, 3.05) is 11.3 Å². The number of hydrogen-bond acceptors (Lipinski definition) is 5. The van der Waals surface area contributed by atoms with Crippen LogP contribution >= 0.6 is 0 Å². The standard InChI is InChI=1S/C22H25NO5S/c1-4-5-6-13-27-22(24)21-16(3)28-20-12-9-17(14-19(20)21)23-29(25,26)18-10-7-15(2)8-11-18/h7-12,14,23H,4-6,13H2,1-3H3. The van der Waals surface area contributed by atoms with E-state index in [0.717, 1.165) is 24.8 Å². The summed E-state index contributed by atoms with van der Waals surface area (Å²) >= 11 is 0. The maximum Gasteiger partial charge on any atom is 0.342 e. The van der Waals surface area contributed by atoms with Crippen LogP contribution < -0.4 is 4.72 Å². The lowest BCUT2D eigenvalue weighted by atomic mass is 10.1. The Balaban J connectivity index is 1.87. The van der Waals surface area contributed by atoms with E-state index >= 15 is 0 Å². The van der Waals surface area contributed by atoms with Crippen LogP contribution in [0.5, 0.6) is 0 Å². The topological polar surface area (TPSA) is 85.6 Å². The summed E-state index contributed by atoms with van der Waals surface area (Å²) in [6, 6.07) is 11.4. The van der Waals surface area contributed by atoms with Gasteiger partial charge in [-0.1, -0.05) is 37.5 Å². The molecule has 0 saturated heterocycles. The van der Waals surface area contributed by atoms with Gasteiger partial charge in [0.2, 0.25) is 0 Å². The Bertz CT molecular complexity index is 1110. The van der Waals surface area contributed by atoms with Gasteiger partial charge in [0.05, 0.1) is 11.5 Å². The second-order valence-corrected chi connectivity index (χ2v) is 8.69. The van der Waals surface area contributed by atoms with Crippen molar-refractivity contribution < 1.29 is 22.4 Å². The first kappa shape index (κ1) is 20.9. The number of nitrogens with one attached hydrogen (secondary N) is 1. The molecule has 3 rings (SSSR count). The van der Waals surface area contributed by atoms with Gasteiger partial charge in [0.25, 0.3) is 10.0 Å². The number of ether oxygens (including phenoxy) is 1. The molecule has 2 aromatic carbocycles. The summed E-state index contributed by atoms with van der Waals surface area (Å²) in [7, 11) is -3.74. The lowest BCUT2D eigenvalue weighted by molar-refractivity contribution is 0.0498. The number of rotatable bonds is 8. The van der Waals surface area contributed by atoms with Crippen LogP contribution in [-0.4, -0.2) is 21.0 Å². The molecular weight excluding hydrogens is 390 g/mol.